The van der Waals surface area contributed by atoms with Crippen molar-refractivity contribution in [2.45, 2.75) is 39.0 Å². The second-order valence-electron chi connectivity index (χ2n) is 6.52. The minimum Gasteiger partial charge on any atom is -0.313 e. The highest BCUT2D eigenvalue weighted by atomic mass is 15.3. The minimum atomic E-state index is 0.847. The van der Waals surface area contributed by atoms with Crippen LogP contribution in [0.3, 0.4) is 0 Å². The van der Waals surface area contributed by atoms with Gasteiger partial charge in [0.1, 0.15) is 0 Å². The second-order valence-corrected chi connectivity index (χ2v) is 6.52. The fourth-order valence-corrected chi connectivity index (χ4v) is 3.02. The summed E-state index contributed by atoms with van der Waals surface area (Å²) < 4.78 is 0. The van der Waals surface area contributed by atoms with Gasteiger partial charge in [0.25, 0.3) is 0 Å². The molecule has 0 aliphatic carbocycles. The van der Waals surface area contributed by atoms with Gasteiger partial charge in [0.2, 0.25) is 0 Å². The number of nitrogens with one attached hydrogen (secondary N) is 1. The van der Waals surface area contributed by atoms with Crippen molar-refractivity contribution in [3.8, 4) is 11.1 Å². The van der Waals surface area contributed by atoms with Crippen molar-refractivity contribution >= 4 is 5.71 Å². The minimum absolute atomic E-state index is 0.847. The Labute approximate surface area is 158 Å². The molecule has 0 amide bonds. The van der Waals surface area contributed by atoms with Crippen LogP contribution in [0.15, 0.2) is 78.4 Å². The molecule has 0 saturated heterocycles. The monoisotopic (exact) mass is 346 g/mol. The standard InChI is InChI=1S/C24H30N2/c1-5-7-10-19(3)13-14-20-15-17-21(18-16-20)22-11-8-9-12-23(22)24(6-2)26-25-4/h6,8-9,11-12,15-18,25H,2-3,5,7,10,13-14H2,1,4H3/b26-24+. The van der Waals surface area contributed by atoms with Crippen LogP contribution < -0.4 is 5.43 Å². The second kappa shape index (κ2) is 10.4. The molecule has 2 rings (SSSR count). The summed E-state index contributed by atoms with van der Waals surface area (Å²) in [4.78, 5) is 0. The number of aryl methyl sites for hydroxylation is 1. The van der Waals surface area contributed by atoms with Crippen molar-refractivity contribution in [1.82, 2.24) is 5.43 Å². The quantitative estimate of drug-likeness (QED) is 0.312. The highest BCUT2D eigenvalue weighted by Crippen LogP contribution is 2.25. The van der Waals surface area contributed by atoms with Crippen molar-refractivity contribution in [3.05, 3.63) is 84.5 Å². The molecule has 1 N–H and O–H groups in total. The highest BCUT2D eigenvalue weighted by molar-refractivity contribution is 6.12. The summed E-state index contributed by atoms with van der Waals surface area (Å²) in [6, 6.07) is 17.1. The highest BCUT2D eigenvalue weighted by Gasteiger charge is 2.08. The lowest BCUT2D eigenvalue weighted by Crippen LogP contribution is -2.05. The molecule has 0 aliphatic heterocycles. The molecule has 26 heavy (non-hydrogen) atoms. The molecular formula is C24H30N2. The fourth-order valence-electron chi connectivity index (χ4n) is 3.02. The predicted octanol–water partition coefficient (Wildman–Crippen LogP) is 6.14. The molecule has 0 aliphatic rings. The number of hydrogen-bond donors (Lipinski definition) is 1. The molecular weight excluding hydrogens is 316 g/mol. The lowest BCUT2D eigenvalue weighted by atomic mass is 9.95. The van der Waals surface area contributed by atoms with Crippen molar-refractivity contribution in [2.24, 2.45) is 5.10 Å². The van der Waals surface area contributed by atoms with Crippen molar-refractivity contribution in [3.63, 3.8) is 0 Å². The Morgan fingerprint density at radius 2 is 1.81 bits per heavy atom. The molecule has 0 bridgehead atoms. The molecule has 136 valence electrons. The van der Waals surface area contributed by atoms with Crippen LogP contribution in [-0.4, -0.2) is 12.8 Å². The third-order valence-corrected chi connectivity index (χ3v) is 4.54. The zero-order valence-corrected chi connectivity index (χ0v) is 16.1. The topological polar surface area (TPSA) is 24.4 Å². The van der Waals surface area contributed by atoms with E-state index in [1.807, 2.05) is 6.07 Å². The van der Waals surface area contributed by atoms with Gasteiger partial charge in [-0.3, -0.25) is 0 Å². The van der Waals surface area contributed by atoms with E-state index in [2.05, 4.69) is 73.1 Å². The van der Waals surface area contributed by atoms with Gasteiger partial charge in [0.15, 0.2) is 0 Å². The van der Waals surface area contributed by atoms with E-state index in [4.69, 9.17) is 0 Å². The fraction of sp³-hybridized carbons (Fsp3) is 0.292. The van der Waals surface area contributed by atoms with Crippen molar-refractivity contribution < 1.29 is 0 Å². The third kappa shape index (κ3) is 5.45. The van der Waals surface area contributed by atoms with Gasteiger partial charge >= 0.3 is 0 Å². The SMILES string of the molecule is C=C/C(=N\NC)c1ccccc1-c1ccc(CCC(=C)CCCC)cc1. The van der Waals surface area contributed by atoms with E-state index in [0.717, 1.165) is 30.5 Å². The maximum Gasteiger partial charge on any atom is 0.0901 e. The first-order valence-electron chi connectivity index (χ1n) is 9.41. The van der Waals surface area contributed by atoms with Crippen molar-refractivity contribution in [2.75, 3.05) is 7.05 Å². The van der Waals surface area contributed by atoms with Crippen molar-refractivity contribution in [1.29, 1.82) is 0 Å². The van der Waals surface area contributed by atoms with Crippen LogP contribution in [0.25, 0.3) is 11.1 Å². The zero-order valence-electron chi connectivity index (χ0n) is 16.1. The number of rotatable bonds is 10. The normalized spacial score (nSPS) is 11.2. The number of hydrazone groups is 1. The first-order chi connectivity index (χ1) is 12.7. The number of benzene rings is 2. The molecule has 2 nitrogen and oxygen atoms in total. The molecule has 0 radical (unpaired) electrons. The number of nitrogens with zero attached hydrogens (tertiary/aromatic N) is 1. The maximum atomic E-state index is 4.33. The number of unbranched alkanes of at least 4 members (excludes halogenated alkanes) is 1. The molecule has 0 saturated carbocycles. The van der Waals surface area contributed by atoms with Gasteiger partial charge in [-0.2, -0.15) is 5.10 Å². The Morgan fingerprint density at radius 1 is 1.08 bits per heavy atom. The summed E-state index contributed by atoms with van der Waals surface area (Å²) in [5.41, 5.74) is 9.86. The lowest BCUT2D eigenvalue weighted by molar-refractivity contribution is 0.752. The Morgan fingerprint density at radius 3 is 2.46 bits per heavy atom. The van der Waals surface area contributed by atoms with E-state index in [9.17, 15) is 0 Å². The predicted molar refractivity (Wildman–Crippen MR) is 115 cm³/mol. The number of allylic oxidation sites excluding steroid dienone is 2. The molecule has 0 heterocycles. The Bertz CT molecular complexity index is 754. The van der Waals surface area contributed by atoms with Crippen LogP contribution in [0, 0.1) is 0 Å². The lowest BCUT2D eigenvalue weighted by Gasteiger charge is -2.11. The first-order valence-corrected chi connectivity index (χ1v) is 9.41. The van der Waals surface area contributed by atoms with E-state index in [0.29, 0.717) is 0 Å². The van der Waals surface area contributed by atoms with Crippen LogP contribution in [0.2, 0.25) is 0 Å². The molecule has 0 spiro atoms. The average molecular weight is 347 g/mol. The van der Waals surface area contributed by atoms with Gasteiger partial charge in [0, 0.05) is 12.6 Å². The van der Waals surface area contributed by atoms with E-state index in [1.165, 1.54) is 35.1 Å². The van der Waals surface area contributed by atoms with Crippen LogP contribution in [0.4, 0.5) is 0 Å². The van der Waals surface area contributed by atoms with Gasteiger partial charge in [-0.1, -0.05) is 80.6 Å². The van der Waals surface area contributed by atoms with Gasteiger partial charge in [-0.15, -0.1) is 0 Å². The summed E-state index contributed by atoms with van der Waals surface area (Å²) in [6.45, 7) is 10.3. The maximum absolute atomic E-state index is 4.33. The molecule has 0 atom stereocenters. The third-order valence-electron chi connectivity index (χ3n) is 4.54. The Kier molecular flexibility index (Phi) is 7.88. The molecule has 0 aromatic heterocycles. The first kappa shape index (κ1) is 19.7. The van der Waals surface area contributed by atoms with Gasteiger partial charge in [0.05, 0.1) is 5.71 Å². The molecule has 2 aromatic rings. The van der Waals surface area contributed by atoms with Crippen LogP contribution in [-0.2, 0) is 6.42 Å². The summed E-state index contributed by atoms with van der Waals surface area (Å²) >= 11 is 0. The van der Waals surface area contributed by atoms with Gasteiger partial charge < -0.3 is 5.43 Å². The van der Waals surface area contributed by atoms with E-state index >= 15 is 0 Å². The smallest absolute Gasteiger partial charge is 0.0901 e. The summed E-state index contributed by atoms with van der Waals surface area (Å²) in [7, 11) is 1.80. The van der Waals surface area contributed by atoms with E-state index in [1.54, 1.807) is 13.1 Å². The summed E-state index contributed by atoms with van der Waals surface area (Å²) in [6.07, 6.45) is 7.54. The average Bonchev–Trinajstić information content (AvgIpc) is 2.69. The molecule has 0 fully saturated rings. The zero-order chi connectivity index (χ0) is 18.8. The van der Waals surface area contributed by atoms with Crippen LogP contribution in [0.1, 0.15) is 43.7 Å². The van der Waals surface area contributed by atoms with Gasteiger partial charge in [-0.25, -0.2) is 0 Å². The summed E-state index contributed by atoms with van der Waals surface area (Å²) in [5.74, 6) is 0. The van der Waals surface area contributed by atoms with E-state index in [-0.39, 0.29) is 0 Å². The van der Waals surface area contributed by atoms with Gasteiger partial charge in [-0.05, 0) is 48.4 Å². The summed E-state index contributed by atoms with van der Waals surface area (Å²) in [5, 5.41) is 4.33. The van der Waals surface area contributed by atoms with E-state index < -0.39 is 0 Å². The Balaban J connectivity index is 2.15. The molecule has 2 aromatic carbocycles. The Hall–Kier alpha value is -2.61. The largest absolute Gasteiger partial charge is 0.313 e. The molecule has 0 unspecified atom stereocenters. The molecule has 2 heteroatoms. The van der Waals surface area contributed by atoms with Crippen LogP contribution >= 0.6 is 0 Å². The van der Waals surface area contributed by atoms with Crippen LogP contribution in [0.5, 0.6) is 0 Å². The number of hydrogen-bond acceptors (Lipinski definition) is 2.